The topological polar surface area (TPSA) is 64.4 Å². The molecule has 1 fully saturated rings. The Labute approximate surface area is 97.7 Å². The van der Waals surface area contributed by atoms with Gasteiger partial charge in [-0.2, -0.15) is 4.39 Å². The first kappa shape index (κ1) is 11.8. The van der Waals surface area contributed by atoms with Crippen LogP contribution in [0.25, 0.3) is 0 Å². The van der Waals surface area contributed by atoms with E-state index in [1.807, 2.05) is 0 Å². The number of nitro groups is 1. The minimum Gasteiger partial charge on any atom is -0.492 e. The second kappa shape index (κ2) is 5.09. The van der Waals surface area contributed by atoms with Crippen LogP contribution in [-0.4, -0.2) is 24.1 Å². The number of halogens is 1. The van der Waals surface area contributed by atoms with Gasteiger partial charge in [-0.1, -0.05) is 0 Å². The van der Waals surface area contributed by atoms with Gasteiger partial charge in [-0.25, -0.2) is 0 Å². The summed E-state index contributed by atoms with van der Waals surface area (Å²) in [7, 11) is 0. The molecule has 1 aromatic rings. The molecule has 1 aliphatic rings. The molecule has 0 bridgehead atoms. The lowest BCUT2D eigenvalue weighted by Crippen LogP contribution is -2.28. The second-order valence-electron chi connectivity index (χ2n) is 3.97. The smallest absolute Gasteiger partial charge is 0.305 e. The zero-order valence-electron chi connectivity index (χ0n) is 9.19. The normalized spacial score (nSPS) is 19.2. The number of benzene rings is 1. The van der Waals surface area contributed by atoms with Crippen LogP contribution in [0.15, 0.2) is 18.2 Å². The molecular formula is C11H13FN2O3. The van der Waals surface area contributed by atoms with Crippen LogP contribution < -0.4 is 10.1 Å². The fraction of sp³-hybridized carbons (Fsp3) is 0.455. The molecule has 0 aromatic heterocycles. The summed E-state index contributed by atoms with van der Waals surface area (Å²) in [5, 5.41) is 13.7. The lowest BCUT2D eigenvalue weighted by atomic mass is 10.2. The van der Waals surface area contributed by atoms with Crippen molar-refractivity contribution >= 4 is 5.69 Å². The van der Waals surface area contributed by atoms with Gasteiger partial charge in [-0.15, -0.1) is 0 Å². The highest BCUT2D eigenvalue weighted by Gasteiger charge is 2.17. The maximum Gasteiger partial charge on any atom is 0.305 e. The lowest BCUT2D eigenvalue weighted by molar-refractivity contribution is -0.387. The molecule has 0 aliphatic carbocycles. The average molecular weight is 240 g/mol. The van der Waals surface area contributed by atoms with Gasteiger partial charge in [0, 0.05) is 18.2 Å². The summed E-state index contributed by atoms with van der Waals surface area (Å²) in [5.41, 5.74) is -0.531. The van der Waals surface area contributed by atoms with Gasteiger partial charge >= 0.3 is 5.69 Å². The van der Waals surface area contributed by atoms with Crippen LogP contribution in [0.4, 0.5) is 10.1 Å². The molecule has 5 nitrogen and oxygen atoms in total. The minimum absolute atomic E-state index is 0.285. The highest BCUT2D eigenvalue weighted by atomic mass is 19.1. The van der Waals surface area contributed by atoms with Crippen molar-refractivity contribution in [2.24, 2.45) is 0 Å². The third kappa shape index (κ3) is 2.91. The number of hydrogen-bond donors (Lipinski definition) is 1. The summed E-state index contributed by atoms with van der Waals surface area (Å²) >= 11 is 0. The number of nitro benzene ring substituents is 1. The Morgan fingerprint density at radius 2 is 2.41 bits per heavy atom. The molecule has 6 heteroatoms. The Bertz CT molecular complexity index is 419. The minimum atomic E-state index is -0.869. The van der Waals surface area contributed by atoms with E-state index in [0.717, 1.165) is 31.5 Å². The Balaban J connectivity index is 1.97. The van der Waals surface area contributed by atoms with E-state index in [1.54, 1.807) is 0 Å². The molecule has 1 atom stereocenters. The molecule has 0 radical (unpaired) electrons. The summed E-state index contributed by atoms with van der Waals surface area (Å²) in [6.07, 6.45) is 2.15. The average Bonchev–Trinajstić information content (AvgIpc) is 2.78. The predicted molar refractivity (Wildman–Crippen MR) is 59.6 cm³/mol. The summed E-state index contributed by atoms with van der Waals surface area (Å²) in [4.78, 5) is 9.66. The summed E-state index contributed by atoms with van der Waals surface area (Å²) in [6, 6.07) is 3.86. The van der Waals surface area contributed by atoms with E-state index < -0.39 is 16.4 Å². The van der Waals surface area contributed by atoms with Crippen LogP contribution in [0, 0.1) is 15.9 Å². The molecule has 1 aliphatic heterocycles. The maximum absolute atomic E-state index is 13.3. The Hall–Kier alpha value is -1.69. The van der Waals surface area contributed by atoms with Gasteiger partial charge in [-0.05, 0) is 25.5 Å². The van der Waals surface area contributed by atoms with Gasteiger partial charge in [0.15, 0.2) is 0 Å². The monoisotopic (exact) mass is 240 g/mol. The highest BCUT2D eigenvalue weighted by Crippen LogP contribution is 2.22. The molecular weight excluding hydrogens is 227 g/mol. The fourth-order valence-corrected chi connectivity index (χ4v) is 1.82. The molecule has 1 N–H and O–H groups in total. The fourth-order valence-electron chi connectivity index (χ4n) is 1.82. The first-order chi connectivity index (χ1) is 8.16. The zero-order chi connectivity index (χ0) is 12.3. The third-order valence-corrected chi connectivity index (χ3v) is 2.73. The van der Waals surface area contributed by atoms with Gasteiger partial charge in [-0.3, -0.25) is 10.1 Å². The van der Waals surface area contributed by atoms with Crippen molar-refractivity contribution in [3.8, 4) is 5.75 Å². The number of rotatable bonds is 4. The van der Waals surface area contributed by atoms with E-state index in [4.69, 9.17) is 4.74 Å². The van der Waals surface area contributed by atoms with Crippen LogP contribution >= 0.6 is 0 Å². The number of nitrogens with one attached hydrogen (secondary N) is 1. The Morgan fingerprint density at radius 1 is 1.59 bits per heavy atom. The van der Waals surface area contributed by atoms with Crippen molar-refractivity contribution in [2.75, 3.05) is 13.2 Å². The molecule has 1 heterocycles. The van der Waals surface area contributed by atoms with Gasteiger partial charge in [0.2, 0.25) is 5.82 Å². The van der Waals surface area contributed by atoms with Crippen molar-refractivity contribution in [1.29, 1.82) is 0 Å². The van der Waals surface area contributed by atoms with Crippen molar-refractivity contribution in [2.45, 2.75) is 18.9 Å². The van der Waals surface area contributed by atoms with Crippen LogP contribution in [0.3, 0.4) is 0 Å². The lowest BCUT2D eigenvalue weighted by Gasteiger charge is -2.11. The van der Waals surface area contributed by atoms with Crippen molar-refractivity contribution < 1.29 is 14.1 Å². The quantitative estimate of drug-likeness (QED) is 0.644. The predicted octanol–water partition coefficient (Wildman–Crippen LogP) is 1.86. The van der Waals surface area contributed by atoms with Crippen molar-refractivity contribution in [1.82, 2.24) is 5.32 Å². The van der Waals surface area contributed by atoms with E-state index in [2.05, 4.69) is 5.32 Å². The third-order valence-electron chi connectivity index (χ3n) is 2.73. The van der Waals surface area contributed by atoms with E-state index in [0.29, 0.717) is 12.4 Å². The van der Waals surface area contributed by atoms with Crippen LogP contribution in [0.2, 0.25) is 0 Å². The van der Waals surface area contributed by atoms with Crippen molar-refractivity contribution in [3.05, 3.63) is 34.1 Å². The van der Waals surface area contributed by atoms with Gasteiger partial charge in [0.05, 0.1) is 4.92 Å². The molecule has 1 saturated heterocycles. The molecule has 0 saturated carbocycles. The summed E-state index contributed by atoms with van der Waals surface area (Å²) < 4.78 is 18.6. The maximum atomic E-state index is 13.3. The number of hydrogen-bond acceptors (Lipinski definition) is 4. The first-order valence-corrected chi connectivity index (χ1v) is 5.47. The van der Waals surface area contributed by atoms with E-state index in [9.17, 15) is 14.5 Å². The van der Waals surface area contributed by atoms with Crippen molar-refractivity contribution in [3.63, 3.8) is 0 Å². The molecule has 0 amide bonds. The largest absolute Gasteiger partial charge is 0.492 e. The highest BCUT2D eigenvalue weighted by molar-refractivity contribution is 5.37. The number of ether oxygens (including phenoxy) is 1. The van der Waals surface area contributed by atoms with E-state index in [-0.39, 0.29) is 6.04 Å². The molecule has 1 aromatic carbocycles. The van der Waals surface area contributed by atoms with Crippen LogP contribution in [-0.2, 0) is 0 Å². The zero-order valence-corrected chi connectivity index (χ0v) is 9.19. The summed E-state index contributed by atoms with van der Waals surface area (Å²) in [6.45, 7) is 1.43. The molecule has 0 unspecified atom stereocenters. The molecule has 92 valence electrons. The Kier molecular flexibility index (Phi) is 3.53. The first-order valence-electron chi connectivity index (χ1n) is 5.47. The van der Waals surface area contributed by atoms with E-state index >= 15 is 0 Å². The van der Waals surface area contributed by atoms with Gasteiger partial charge in [0.25, 0.3) is 0 Å². The molecule has 2 rings (SSSR count). The molecule has 0 spiro atoms. The van der Waals surface area contributed by atoms with E-state index in [1.165, 1.54) is 6.07 Å². The number of nitrogens with zero attached hydrogens (tertiary/aromatic N) is 1. The standard InChI is InChI=1S/C11H13FN2O3/c12-10-6-9(3-4-11(10)14(15)16)17-7-8-2-1-5-13-8/h3-4,6,8,13H,1-2,5,7H2/t8-/m0/s1. The second-order valence-corrected chi connectivity index (χ2v) is 3.97. The van der Waals surface area contributed by atoms with Crippen LogP contribution in [0.1, 0.15) is 12.8 Å². The summed E-state index contributed by atoms with van der Waals surface area (Å²) in [5.74, 6) is -0.548. The van der Waals surface area contributed by atoms with Gasteiger partial charge in [0.1, 0.15) is 12.4 Å². The molecule has 17 heavy (non-hydrogen) atoms. The van der Waals surface area contributed by atoms with Gasteiger partial charge < -0.3 is 10.1 Å². The van der Waals surface area contributed by atoms with Crippen LogP contribution in [0.5, 0.6) is 5.75 Å². The SMILES string of the molecule is O=[N+]([O-])c1ccc(OC[C@@H]2CCCN2)cc1F. The Morgan fingerprint density at radius 3 is 3.00 bits per heavy atom.